The van der Waals surface area contributed by atoms with Gasteiger partial charge in [0.25, 0.3) is 5.56 Å². The molecule has 0 atom stereocenters. The molecule has 2 aromatic heterocycles. The fourth-order valence-corrected chi connectivity index (χ4v) is 3.63. The third kappa shape index (κ3) is 3.35. The molecule has 0 saturated heterocycles. The minimum Gasteiger partial charge on any atom is -0.392 e. The van der Waals surface area contributed by atoms with Crippen LogP contribution in [0.15, 0.2) is 59.7 Å². The summed E-state index contributed by atoms with van der Waals surface area (Å²) in [4.78, 5) is 27.1. The topological polar surface area (TPSA) is 88.0 Å². The molecule has 0 radical (unpaired) electrons. The number of aromatic nitrogens is 3. The number of fused-ring (bicyclic) bond motifs is 1. The van der Waals surface area contributed by atoms with Crippen LogP contribution in [0.4, 0.5) is 0 Å². The number of aldehydes is 1. The van der Waals surface area contributed by atoms with Crippen LogP contribution in [-0.4, -0.2) is 26.2 Å². The highest BCUT2D eigenvalue weighted by molar-refractivity contribution is 5.82. The molecule has 0 fully saturated rings. The summed E-state index contributed by atoms with van der Waals surface area (Å²) in [6, 6.07) is 12.9. The first kappa shape index (κ1) is 19.8. The molecule has 0 unspecified atom stereocenters. The number of H-pyrrole nitrogens is 1. The highest BCUT2D eigenvalue weighted by atomic mass is 16.3. The van der Waals surface area contributed by atoms with E-state index in [9.17, 15) is 14.7 Å². The fourth-order valence-electron chi connectivity index (χ4n) is 3.63. The van der Waals surface area contributed by atoms with Crippen LogP contribution in [0.5, 0.6) is 0 Å². The van der Waals surface area contributed by atoms with E-state index in [2.05, 4.69) is 30.9 Å². The summed E-state index contributed by atoms with van der Waals surface area (Å²) >= 11 is 0. The van der Waals surface area contributed by atoms with Crippen LogP contribution in [0.3, 0.4) is 0 Å². The molecule has 152 valence electrons. The Morgan fingerprint density at radius 3 is 2.63 bits per heavy atom. The summed E-state index contributed by atoms with van der Waals surface area (Å²) in [5.41, 5.74) is 3.86. The Morgan fingerprint density at radius 1 is 1.17 bits per heavy atom. The van der Waals surface area contributed by atoms with Gasteiger partial charge in [-0.25, -0.2) is 0 Å². The first-order valence-corrected chi connectivity index (χ1v) is 9.73. The average Bonchev–Trinajstić information content (AvgIpc) is 3.22. The molecular formula is C24H23N3O3. The van der Waals surface area contributed by atoms with Crippen LogP contribution in [0.1, 0.15) is 42.4 Å². The van der Waals surface area contributed by atoms with Gasteiger partial charge < -0.3 is 10.1 Å². The maximum atomic E-state index is 13.2. The summed E-state index contributed by atoms with van der Waals surface area (Å²) in [6.07, 6.45) is 4.11. The van der Waals surface area contributed by atoms with Crippen molar-refractivity contribution in [1.82, 2.24) is 14.8 Å². The highest BCUT2D eigenvalue weighted by Gasteiger charge is 2.17. The molecule has 30 heavy (non-hydrogen) atoms. The lowest BCUT2D eigenvalue weighted by molar-refractivity contribution is 0.111. The molecule has 4 aromatic rings. The number of benzene rings is 2. The Labute approximate surface area is 173 Å². The second kappa shape index (κ2) is 7.39. The average molecular weight is 401 g/mol. The molecule has 2 heterocycles. The predicted octanol–water partition coefficient (Wildman–Crippen LogP) is 3.98. The number of nitrogens with zero attached hydrogens (tertiary/aromatic N) is 2. The summed E-state index contributed by atoms with van der Waals surface area (Å²) in [6.45, 7) is 6.10. The van der Waals surface area contributed by atoms with Crippen molar-refractivity contribution in [2.75, 3.05) is 0 Å². The van der Waals surface area contributed by atoms with E-state index in [1.165, 1.54) is 4.68 Å². The number of carbonyl (C=O) groups is 1. The Hall–Kier alpha value is -3.51. The number of aliphatic hydroxyl groups is 1. The standard InChI is InChI=1S/C24H23N3O3/c1-24(2,3)17-7-8-20-15(9-17)12-26-27(23(20)30)22-6-4-5-19(21(22)14-29)16-10-18(13-28)25-11-16/h4-13,25,29H,14H2,1-3H3. The van der Waals surface area contributed by atoms with E-state index in [4.69, 9.17) is 0 Å². The van der Waals surface area contributed by atoms with Gasteiger partial charge in [-0.2, -0.15) is 9.78 Å². The molecule has 0 spiro atoms. The van der Waals surface area contributed by atoms with Crippen molar-refractivity contribution in [2.24, 2.45) is 0 Å². The first-order valence-electron chi connectivity index (χ1n) is 9.73. The van der Waals surface area contributed by atoms with Crippen molar-refractivity contribution in [3.05, 3.63) is 82.0 Å². The van der Waals surface area contributed by atoms with Crippen molar-refractivity contribution in [3.8, 4) is 16.8 Å². The molecule has 2 N–H and O–H groups in total. The zero-order valence-corrected chi connectivity index (χ0v) is 17.1. The fraction of sp³-hybridized carbons (Fsp3) is 0.208. The largest absolute Gasteiger partial charge is 0.392 e. The van der Waals surface area contributed by atoms with Crippen molar-refractivity contribution in [2.45, 2.75) is 32.8 Å². The van der Waals surface area contributed by atoms with Gasteiger partial charge in [0.1, 0.15) is 0 Å². The van der Waals surface area contributed by atoms with E-state index in [0.29, 0.717) is 22.3 Å². The highest BCUT2D eigenvalue weighted by Crippen LogP contribution is 2.29. The first-order chi connectivity index (χ1) is 14.3. The van der Waals surface area contributed by atoms with Gasteiger partial charge in [-0.05, 0) is 40.8 Å². The summed E-state index contributed by atoms with van der Waals surface area (Å²) in [7, 11) is 0. The van der Waals surface area contributed by atoms with Crippen LogP contribution < -0.4 is 5.56 Å². The normalized spacial score (nSPS) is 11.7. The quantitative estimate of drug-likeness (QED) is 0.506. The molecule has 0 bridgehead atoms. The number of aromatic amines is 1. The number of aliphatic hydroxyl groups excluding tert-OH is 1. The molecule has 4 rings (SSSR count). The zero-order chi connectivity index (χ0) is 21.5. The van der Waals surface area contributed by atoms with Gasteiger partial charge in [0.15, 0.2) is 6.29 Å². The monoisotopic (exact) mass is 401 g/mol. The third-order valence-corrected chi connectivity index (χ3v) is 5.33. The molecule has 2 aromatic carbocycles. The molecule has 0 saturated carbocycles. The lowest BCUT2D eigenvalue weighted by atomic mass is 9.86. The maximum absolute atomic E-state index is 13.2. The molecule has 0 aliphatic rings. The Bertz CT molecular complexity index is 1310. The third-order valence-electron chi connectivity index (χ3n) is 5.33. The molecule has 0 amide bonds. The number of rotatable bonds is 4. The van der Waals surface area contributed by atoms with Gasteiger partial charge in [0.2, 0.25) is 0 Å². The van der Waals surface area contributed by atoms with Gasteiger partial charge in [0.05, 0.1) is 29.6 Å². The van der Waals surface area contributed by atoms with Crippen LogP contribution in [0.25, 0.3) is 27.6 Å². The lowest BCUT2D eigenvalue weighted by Crippen LogP contribution is -2.23. The Balaban J connectivity index is 1.90. The summed E-state index contributed by atoms with van der Waals surface area (Å²) < 4.78 is 1.32. The molecule has 0 aliphatic carbocycles. The summed E-state index contributed by atoms with van der Waals surface area (Å²) in [5, 5.41) is 15.8. The van der Waals surface area contributed by atoms with Gasteiger partial charge in [-0.3, -0.25) is 9.59 Å². The van der Waals surface area contributed by atoms with Crippen LogP contribution >= 0.6 is 0 Å². The van der Waals surface area contributed by atoms with Crippen molar-refractivity contribution >= 4 is 17.1 Å². The van der Waals surface area contributed by atoms with Crippen molar-refractivity contribution in [1.29, 1.82) is 0 Å². The Morgan fingerprint density at radius 2 is 1.97 bits per heavy atom. The van der Waals surface area contributed by atoms with Crippen molar-refractivity contribution in [3.63, 3.8) is 0 Å². The number of hydrogen-bond acceptors (Lipinski definition) is 4. The van der Waals surface area contributed by atoms with Crippen LogP contribution in [-0.2, 0) is 12.0 Å². The van der Waals surface area contributed by atoms with Gasteiger partial charge >= 0.3 is 0 Å². The number of hydrogen-bond donors (Lipinski definition) is 2. The predicted molar refractivity (Wildman–Crippen MR) is 117 cm³/mol. The van der Waals surface area contributed by atoms with Gasteiger partial charge in [-0.15, -0.1) is 0 Å². The second-order valence-electron chi connectivity index (χ2n) is 8.34. The smallest absolute Gasteiger partial charge is 0.279 e. The molecule has 0 aliphatic heterocycles. The second-order valence-corrected chi connectivity index (χ2v) is 8.34. The molecule has 6 heteroatoms. The zero-order valence-electron chi connectivity index (χ0n) is 17.1. The minimum absolute atomic E-state index is 0.0294. The number of nitrogens with one attached hydrogen (secondary N) is 1. The number of carbonyl (C=O) groups excluding carboxylic acids is 1. The van der Waals surface area contributed by atoms with Crippen molar-refractivity contribution < 1.29 is 9.90 Å². The SMILES string of the molecule is CC(C)(C)c1ccc2c(=O)n(-c3cccc(-c4c[nH]c(C=O)c4)c3CO)ncc2c1. The van der Waals surface area contributed by atoms with Gasteiger partial charge in [-0.1, -0.05) is 39.0 Å². The van der Waals surface area contributed by atoms with E-state index in [-0.39, 0.29) is 17.6 Å². The van der Waals surface area contributed by atoms with Gasteiger partial charge in [0, 0.05) is 22.7 Å². The minimum atomic E-state index is -0.276. The van der Waals surface area contributed by atoms with E-state index in [1.54, 1.807) is 30.6 Å². The van der Waals surface area contributed by atoms with E-state index < -0.39 is 0 Å². The summed E-state index contributed by atoms with van der Waals surface area (Å²) in [5.74, 6) is 0. The maximum Gasteiger partial charge on any atom is 0.279 e. The van der Waals surface area contributed by atoms with E-state index in [0.717, 1.165) is 28.4 Å². The molecular weight excluding hydrogens is 378 g/mol. The van der Waals surface area contributed by atoms with Crippen LogP contribution in [0.2, 0.25) is 0 Å². The van der Waals surface area contributed by atoms with E-state index >= 15 is 0 Å². The lowest BCUT2D eigenvalue weighted by Gasteiger charge is -2.19. The Kier molecular flexibility index (Phi) is 4.87. The molecule has 6 nitrogen and oxygen atoms in total. The van der Waals surface area contributed by atoms with E-state index in [1.807, 2.05) is 24.3 Å². The van der Waals surface area contributed by atoms with Crippen LogP contribution in [0, 0.1) is 0 Å².